The van der Waals surface area contributed by atoms with Crippen LogP contribution in [-0.4, -0.2) is 62.2 Å². The molecular weight excluding hydrogens is 448 g/mol. The van der Waals surface area contributed by atoms with Crippen molar-refractivity contribution in [1.82, 2.24) is 0 Å². The Kier molecular flexibility index (Phi) is 4.03. The number of hydrogen-bond donors (Lipinski definition) is 2. The highest BCUT2D eigenvalue weighted by atomic mass is 16.7. The first-order valence-corrected chi connectivity index (χ1v) is 13.0. The molecule has 7 rings (SSSR count). The Bertz CT molecular complexity index is 1170. The van der Waals surface area contributed by atoms with Gasteiger partial charge in [-0.25, -0.2) is 0 Å². The average Bonchev–Trinajstić information content (AvgIpc) is 3.66. The fraction of sp³-hybridized carbons (Fsp3) is 0.714. The van der Waals surface area contributed by atoms with Crippen molar-refractivity contribution in [3.8, 4) is 0 Å². The number of aliphatic hydroxyl groups excluding tert-OH is 1. The van der Waals surface area contributed by atoms with Crippen LogP contribution in [0.3, 0.4) is 0 Å². The van der Waals surface area contributed by atoms with Crippen molar-refractivity contribution in [2.45, 2.75) is 107 Å². The molecule has 0 amide bonds. The standard InChI is InChI=1S/C28H34O7/c1-15(19-14-23(2)25(4,34-23)22(31)33-19)16-7-11-28-18-12-21(30)27(32)9-5-6-20(29)24(27,3)17(18)8-10-26(28,13-16)35-28/h5-7,12,15,17,19,22,31-32H,8-11,13-14H2,1-4H3/t15-,17-,19+,22+,23-,24-,25+,26-,27-,28-/m0/s1. The molecule has 188 valence electrons. The Morgan fingerprint density at radius 1 is 1.11 bits per heavy atom. The van der Waals surface area contributed by atoms with Gasteiger partial charge in [0.25, 0.3) is 0 Å². The van der Waals surface area contributed by atoms with Gasteiger partial charge in [-0.05, 0) is 57.3 Å². The molecule has 0 bridgehead atoms. The summed E-state index contributed by atoms with van der Waals surface area (Å²) in [5, 5.41) is 21.9. The molecule has 10 atom stereocenters. The van der Waals surface area contributed by atoms with Crippen molar-refractivity contribution in [2.24, 2.45) is 17.3 Å². The normalized spacial score (nSPS) is 56.5. The third-order valence-corrected chi connectivity index (χ3v) is 11.3. The van der Waals surface area contributed by atoms with Crippen LogP contribution >= 0.6 is 0 Å². The monoisotopic (exact) mass is 482 g/mol. The molecule has 7 aliphatic rings. The lowest BCUT2D eigenvalue weighted by molar-refractivity contribution is -0.191. The van der Waals surface area contributed by atoms with E-state index in [0.29, 0.717) is 12.8 Å². The maximum atomic E-state index is 13.3. The van der Waals surface area contributed by atoms with E-state index in [0.717, 1.165) is 24.8 Å². The molecule has 0 unspecified atom stereocenters. The SMILES string of the molecule is C[C@@H](C1=CC[C@@]23O[C@@]2(CC[C@H]2C3=CC(=O)[C@@]3(O)CC=CC(=O)[C@]23C)C1)[C@H]1C[C@]2(C)O[C@]2(C)[C@H](O)O1. The predicted octanol–water partition coefficient (Wildman–Crippen LogP) is 2.69. The zero-order chi connectivity index (χ0) is 24.8. The van der Waals surface area contributed by atoms with Crippen LogP contribution in [-0.2, 0) is 23.8 Å². The van der Waals surface area contributed by atoms with Gasteiger partial charge in [0, 0.05) is 31.6 Å². The molecule has 3 saturated heterocycles. The molecule has 2 N–H and O–H groups in total. The summed E-state index contributed by atoms with van der Waals surface area (Å²) in [5.41, 5.74) is -2.64. The number of ether oxygens (including phenoxy) is 3. The van der Waals surface area contributed by atoms with Gasteiger partial charge in [-0.2, -0.15) is 0 Å². The van der Waals surface area contributed by atoms with Crippen LogP contribution in [0, 0.1) is 17.3 Å². The Morgan fingerprint density at radius 2 is 1.89 bits per heavy atom. The van der Waals surface area contributed by atoms with Crippen LogP contribution in [0.4, 0.5) is 0 Å². The number of hydrogen-bond acceptors (Lipinski definition) is 7. The second-order valence-electron chi connectivity index (χ2n) is 12.6. The molecule has 4 fully saturated rings. The second kappa shape index (κ2) is 6.25. The Balaban J connectivity index is 1.19. The van der Waals surface area contributed by atoms with E-state index in [2.05, 4.69) is 13.0 Å². The lowest BCUT2D eigenvalue weighted by atomic mass is 9.48. The zero-order valence-corrected chi connectivity index (χ0v) is 20.8. The largest absolute Gasteiger partial charge is 0.380 e. The van der Waals surface area contributed by atoms with Gasteiger partial charge in [0.15, 0.2) is 17.9 Å². The fourth-order valence-electron chi connectivity index (χ4n) is 8.41. The van der Waals surface area contributed by atoms with E-state index in [-0.39, 0.29) is 47.1 Å². The average molecular weight is 483 g/mol. The minimum absolute atomic E-state index is 0.0964. The van der Waals surface area contributed by atoms with Gasteiger partial charge in [-0.15, -0.1) is 0 Å². The van der Waals surface area contributed by atoms with Crippen molar-refractivity contribution in [1.29, 1.82) is 0 Å². The summed E-state index contributed by atoms with van der Waals surface area (Å²) in [4.78, 5) is 26.4. The highest BCUT2D eigenvalue weighted by Crippen LogP contribution is 2.72. The second-order valence-corrected chi connectivity index (χ2v) is 12.6. The topological polar surface area (TPSA) is 109 Å². The number of epoxide rings is 2. The summed E-state index contributed by atoms with van der Waals surface area (Å²) in [6.07, 6.45) is 9.65. The van der Waals surface area contributed by atoms with Crippen molar-refractivity contribution in [2.75, 3.05) is 0 Å². The van der Waals surface area contributed by atoms with Crippen molar-refractivity contribution in [3.63, 3.8) is 0 Å². The van der Waals surface area contributed by atoms with Crippen LogP contribution in [0.5, 0.6) is 0 Å². The molecule has 0 spiro atoms. The van der Waals surface area contributed by atoms with Crippen molar-refractivity contribution < 1.29 is 34.0 Å². The first-order chi connectivity index (χ1) is 16.4. The quantitative estimate of drug-likeness (QED) is 0.460. The lowest BCUT2D eigenvalue weighted by Gasteiger charge is -2.54. The van der Waals surface area contributed by atoms with E-state index in [9.17, 15) is 19.8 Å². The van der Waals surface area contributed by atoms with Crippen molar-refractivity contribution >= 4 is 11.6 Å². The first-order valence-electron chi connectivity index (χ1n) is 13.0. The molecular formula is C28H34O7. The van der Waals surface area contributed by atoms with Crippen LogP contribution in [0.15, 0.2) is 35.5 Å². The Hall–Kier alpha value is -1.64. The number of allylic oxidation sites excluding steroid dienone is 1. The minimum atomic E-state index is -1.68. The number of carbonyl (C=O) groups excluding carboxylic acids is 2. The van der Waals surface area contributed by atoms with Crippen LogP contribution in [0.2, 0.25) is 0 Å². The summed E-state index contributed by atoms with van der Waals surface area (Å²) in [5.74, 6) is -0.666. The van der Waals surface area contributed by atoms with Gasteiger partial charge in [0.2, 0.25) is 0 Å². The number of carbonyl (C=O) groups is 2. The van der Waals surface area contributed by atoms with E-state index < -0.39 is 28.5 Å². The molecule has 4 aliphatic carbocycles. The summed E-state index contributed by atoms with van der Waals surface area (Å²) in [6, 6.07) is 0. The van der Waals surface area contributed by atoms with Gasteiger partial charge in [0.05, 0.1) is 11.5 Å². The minimum Gasteiger partial charge on any atom is -0.380 e. The van der Waals surface area contributed by atoms with E-state index >= 15 is 0 Å². The van der Waals surface area contributed by atoms with Crippen molar-refractivity contribution in [3.05, 3.63) is 35.5 Å². The maximum Gasteiger partial charge on any atom is 0.188 e. The summed E-state index contributed by atoms with van der Waals surface area (Å²) < 4.78 is 18.5. The van der Waals surface area contributed by atoms with E-state index in [1.807, 2.05) is 13.8 Å². The number of rotatable bonds is 2. The predicted molar refractivity (Wildman–Crippen MR) is 124 cm³/mol. The number of fused-ring (bicyclic) bond motifs is 4. The smallest absolute Gasteiger partial charge is 0.188 e. The van der Waals surface area contributed by atoms with Gasteiger partial charge in [-0.3, -0.25) is 9.59 Å². The van der Waals surface area contributed by atoms with Gasteiger partial charge < -0.3 is 24.4 Å². The van der Waals surface area contributed by atoms with Gasteiger partial charge >= 0.3 is 0 Å². The van der Waals surface area contributed by atoms with Crippen LogP contribution in [0.25, 0.3) is 0 Å². The highest BCUT2D eigenvalue weighted by molar-refractivity contribution is 6.09. The maximum absolute atomic E-state index is 13.3. The van der Waals surface area contributed by atoms with E-state index in [4.69, 9.17) is 14.2 Å². The number of ketones is 2. The molecule has 0 aromatic carbocycles. The summed E-state index contributed by atoms with van der Waals surface area (Å²) >= 11 is 0. The highest BCUT2D eigenvalue weighted by Gasteiger charge is 2.79. The van der Waals surface area contributed by atoms with Crippen LogP contribution < -0.4 is 0 Å². The van der Waals surface area contributed by atoms with E-state index in [1.165, 1.54) is 11.6 Å². The summed E-state index contributed by atoms with van der Waals surface area (Å²) in [7, 11) is 0. The van der Waals surface area contributed by atoms with Gasteiger partial charge in [0.1, 0.15) is 28.0 Å². The number of aliphatic hydroxyl groups is 2. The zero-order valence-electron chi connectivity index (χ0n) is 20.8. The lowest BCUT2D eigenvalue weighted by Crippen LogP contribution is -2.65. The Labute approximate surface area is 205 Å². The molecule has 7 heteroatoms. The Morgan fingerprint density at radius 3 is 2.63 bits per heavy atom. The molecule has 0 aromatic heterocycles. The first kappa shape index (κ1) is 22.5. The molecule has 0 radical (unpaired) electrons. The molecule has 35 heavy (non-hydrogen) atoms. The molecule has 7 nitrogen and oxygen atoms in total. The molecule has 3 aliphatic heterocycles. The van der Waals surface area contributed by atoms with Crippen LogP contribution in [0.1, 0.15) is 66.2 Å². The molecule has 1 saturated carbocycles. The van der Waals surface area contributed by atoms with Gasteiger partial charge in [-0.1, -0.05) is 24.6 Å². The molecule has 0 aromatic rings. The summed E-state index contributed by atoms with van der Waals surface area (Å²) in [6.45, 7) is 7.86. The molecule has 3 heterocycles. The third kappa shape index (κ3) is 2.36. The fourth-order valence-corrected chi connectivity index (χ4v) is 8.41. The third-order valence-electron chi connectivity index (χ3n) is 11.3. The van der Waals surface area contributed by atoms with E-state index in [1.54, 1.807) is 19.1 Å².